The molecule has 1 aromatic heterocycles. The molecule has 1 amide bonds. The molecule has 5 nitrogen and oxygen atoms in total. The van der Waals surface area contributed by atoms with Gasteiger partial charge in [-0.3, -0.25) is 4.79 Å². The van der Waals surface area contributed by atoms with Gasteiger partial charge in [0.2, 0.25) is 9.74 Å². The Balaban J connectivity index is 1.95. The third kappa shape index (κ3) is 3.48. The van der Waals surface area contributed by atoms with Crippen LogP contribution in [0.5, 0.6) is 0 Å². The Morgan fingerprint density at radius 1 is 1.41 bits per heavy atom. The van der Waals surface area contributed by atoms with Gasteiger partial charge in [0.25, 0.3) is 0 Å². The molecular weight excluding hydrogens is 338 g/mol. The van der Waals surface area contributed by atoms with E-state index in [2.05, 4.69) is 15.4 Å². The van der Waals surface area contributed by atoms with Crippen LogP contribution in [0.15, 0.2) is 30.6 Å². The first-order valence-electron chi connectivity index (χ1n) is 4.74. The van der Waals surface area contributed by atoms with Crippen LogP contribution in [0.2, 0.25) is 0 Å². The number of nitrogens with one attached hydrogen (secondary N) is 1. The molecule has 0 aliphatic carbocycles. The lowest BCUT2D eigenvalue weighted by atomic mass is 10.3. The molecule has 1 heterocycles. The van der Waals surface area contributed by atoms with Gasteiger partial charge in [-0.25, -0.2) is 14.1 Å². The number of anilines is 1. The standard InChI is InChI=1S/C10H8FIN4O/c11-7-1-3-8(4-2-7)14-9(17)5-16-6-13-10(12)15-16/h1-4,6H,5H2,(H,14,17). The van der Waals surface area contributed by atoms with Crippen molar-refractivity contribution in [1.29, 1.82) is 0 Å². The summed E-state index contributed by atoms with van der Waals surface area (Å²) in [5.74, 6) is -0.577. The highest BCUT2D eigenvalue weighted by molar-refractivity contribution is 14.1. The number of nitrogens with zero attached hydrogens (tertiary/aromatic N) is 3. The van der Waals surface area contributed by atoms with Crippen LogP contribution in [0.4, 0.5) is 10.1 Å². The van der Waals surface area contributed by atoms with E-state index in [9.17, 15) is 9.18 Å². The molecule has 2 aromatic rings. The number of aromatic nitrogens is 3. The molecule has 0 unspecified atom stereocenters. The Labute approximate surface area is 110 Å². The topological polar surface area (TPSA) is 59.8 Å². The zero-order chi connectivity index (χ0) is 12.3. The third-order valence-corrected chi connectivity index (χ3v) is 2.44. The summed E-state index contributed by atoms with van der Waals surface area (Å²) >= 11 is 1.96. The van der Waals surface area contributed by atoms with Gasteiger partial charge < -0.3 is 5.32 Å². The van der Waals surface area contributed by atoms with Crippen molar-refractivity contribution in [3.63, 3.8) is 0 Å². The molecule has 88 valence electrons. The zero-order valence-electron chi connectivity index (χ0n) is 8.60. The molecule has 0 saturated heterocycles. The fourth-order valence-electron chi connectivity index (χ4n) is 1.23. The second kappa shape index (κ2) is 5.21. The summed E-state index contributed by atoms with van der Waals surface area (Å²) in [7, 11) is 0. The summed E-state index contributed by atoms with van der Waals surface area (Å²) in [6.45, 7) is 0.0768. The van der Waals surface area contributed by atoms with Crippen molar-refractivity contribution in [3.05, 3.63) is 40.2 Å². The van der Waals surface area contributed by atoms with Crippen molar-refractivity contribution in [2.45, 2.75) is 6.54 Å². The molecule has 0 spiro atoms. The highest BCUT2D eigenvalue weighted by Gasteiger charge is 2.05. The molecule has 2 rings (SSSR count). The number of benzene rings is 1. The normalized spacial score (nSPS) is 10.2. The summed E-state index contributed by atoms with van der Waals surface area (Å²) in [5.41, 5.74) is 0.547. The number of rotatable bonds is 3. The lowest BCUT2D eigenvalue weighted by Crippen LogP contribution is -2.19. The number of hydrogen-bond donors (Lipinski definition) is 1. The molecule has 0 fully saturated rings. The smallest absolute Gasteiger partial charge is 0.246 e. The first-order valence-corrected chi connectivity index (χ1v) is 5.82. The fraction of sp³-hybridized carbons (Fsp3) is 0.100. The number of halogens is 2. The van der Waals surface area contributed by atoms with Gasteiger partial charge in [-0.15, -0.1) is 5.10 Å². The minimum atomic E-state index is -0.339. The molecule has 0 saturated carbocycles. The van der Waals surface area contributed by atoms with Crippen molar-refractivity contribution < 1.29 is 9.18 Å². The first-order chi connectivity index (χ1) is 8.13. The van der Waals surface area contributed by atoms with E-state index < -0.39 is 0 Å². The van der Waals surface area contributed by atoms with Crippen LogP contribution in [-0.4, -0.2) is 20.7 Å². The molecule has 0 radical (unpaired) electrons. The lowest BCUT2D eigenvalue weighted by molar-refractivity contribution is -0.116. The van der Waals surface area contributed by atoms with E-state index >= 15 is 0 Å². The van der Waals surface area contributed by atoms with E-state index in [4.69, 9.17) is 0 Å². The summed E-state index contributed by atoms with van der Waals surface area (Å²) < 4.78 is 14.6. The van der Waals surface area contributed by atoms with Crippen molar-refractivity contribution in [2.75, 3.05) is 5.32 Å². The third-order valence-electron chi connectivity index (χ3n) is 1.94. The number of amides is 1. The maximum atomic E-state index is 12.6. The molecule has 0 aliphatic rings. The van der Waals surface area contributed by atoms with Crippen molar-refractivity contribution >= 4 is 34.2 Å². The van der Waals surface area contributed by atoms with E-state index in [-0.39, 0.29) is 18.3 Å². The van der Waals surface area contributed by atoms with Crippen LogP contribution in [0, 0.1) is 9.65 Å². The fourth-order valence-corrected chi connectivity index (χ4v) is 1.63. The number of carbonyl (C=O) groups excluding carboxylic acids is 1. The van der Waals surface area contributed by atoms with Gasteiger partial charge in [0.1, 0.15) is 18.7 Å². The molecular formula is C10H8FIN4O. The lowest BCUT2D eigenvalue weighted by Gasteiger charge is -2.04. The highest BCUT2D eigenvalue weighted by atomic mass is 127. The predicted octanol–water partition coefficient (Wildman–Crippen LogP) is 1.66. The first kappa shape index (κ1) is 12.0. The highest BCUT2D eigenvalue weighted by Crippen LogP contribution is 2.08. The number of carbonyl (C=O) groups is 1. The molecule has 0 atom stereocenters. The quantitative estimate of drug-likeness (QED) is 0.860. The zero-order valence-corrected chi connectivity index (χ0v) is 10.8. The van der Waals surface area contributed by atoms with E-state index in [1.54, 1.807) is 0 Å². The van der Waals surface area contributed by atoms with E-state index in [1.807, 2.05) is 22.6 Å². The molecule has 1 N–H and O–H groups in total. The van der Waals surface area contributed by atoms with Gasteiger partial charge in [-0.2, -0.15) is 0 Å². The van der Waals surface area contributed by atoms with Crippen LogP contribution in [0.3, 0.4) is 0 Å². The van der Waals surface area contributed by atoms with Crippen LogP contribution in [-0.2, 0) is 11.3 Å². The van der Waals surface area contributed by atoms with Gasteiger partial charge in [0, 0.05) is 28.3 Å². The average Bonchev–Trinajstić information content (AvgIpc) is 2.67. The van der Waals surface area contributed by atoms with E-state index in [1.165, 1.54) is 35.3 Å². The Kier molecular flexibility index (Phi) is 3.67. The molecule has 0 aliphatic heterocycles. The van der Waals surface area contributed by atoms with Crippen LogP contribution in [0.25, 0.3) is 0 Å². The van der Waals surface area contributed by atoms with Crippen LogP contribution in [0.1, 0.15) is 0 Å². The van der Waals surface area contributed by atoms with Gasteiger partial charge >= 0.3 is 0 Å². The Morgan fingerprint density at radius 2 is 2.12 bits per heavy atom. The molecule has 1 aromatic carbocycles. The second-order valence-corrected chi connectivity index (χ2v) is 4.23. The molecule has 0 bridgehead atoms. The van der Waals surface area contributed by atoms with Gasteiger partial charge in [-0.1, -0.05) is 0 Å². The minimum Gasteiger partial charge on any atom is -0.324 e. The Morgan fingerprint density at radius 3 is 2.71 bits per heavy atom. The maximum absolute atomic E-state index is 12.6. The largest absolute Gasteiger partial charge is 0.324 e. The molecule has 7 heteroatoms. The van der Waals surface area contributed by atoms with Crippen molar-refractivity contribution in [3.8, 4) is 0 Å². The average molecular weight is 346 g/mol. The van der Waals surface area contributed by atoms with Crippen molar-refractivity contribution in [1.82, 2.24) is 14.8 Å². The van der Waals surface area contributed by atoms with Gasteiger partial charge in [0.15, 0.2) is 0 Å². The SMILES string of the molecule is O=C(Cn1cnc(I)n1)Nc1ccc(F)cc1. The van der Waals surface area contributed by atoms with Crippen molar-refractivity contribution in [2.24, 2.45) is 0 Å². The van der Waals surface area contributed by atoms with Gasteiger partial charge in [0.05, 0.1) is 0 Å². The molecule has 17 heavy (non-hydrogen) atoms. The second-order valence-electron chi connectivity index (χ2n) is 3.27. The predicted molar refractivity (Wildman–Crippen MR) is 67.8 cm³/mol. The maximum Gasteiger partial charge on any atom is 0.246 e. The van der Waals surface area contributed by atoms with Gasteiger partial charge in [-0.05, 0) is 24.3 Å². The van der Waals surface area contributed by atoms with Crippen LogP contribution >= 0.6 is 22.6 Å². The summed E-state index contributed by atoms with van der Waals surface area (Å²) in [4.78, 5) is 15.5. The number of hydrogen-bond acceptors (Lipinski definition) is 3. The monoisotopic (exact) mass is 346 g/mol. The summed E-state index contributed by atoms with van der Waals surface area (Å²) in [5, 5.41) is 6.61. The van der Waals surface area contributed by atoms with E-state index in [0.717, 1.165) is 0 Å². The minimum absolute atomic E-state index is 0.0768. The van der Waals surface area contributed by atoms with Crippen LogP contribution < -0.4 is 5.32 Å². The summed E-state index contributed by atoms with van der Waals surface area (Å²) in [6, 6.07) is 5.57. The Bertz CT molecular complexity index is 525. The van der Waals surface area contributed by atoms with E-state index in [0.29, 0.717) is 9.52 Å². The summed E-state index contributed by atoms with van der Waals surface area (Å²) in [6.07, 6.45) is 1.48. The Hall–Kier alpha value is -1.51.